The fourth-order valence-corrected chi connectivity index (χ4v) is 2.38. The van der Waals surface area contributed by atoms with Crippen molar-refractivity contribution < 1.29 is 14.8 Å². The lowest BCUT2D eigenvalue weighted by molar-refractivity contribution is -0.384. The Labute approximate surface area is 115 Å². The van der Waals surface area contributed by atoms with Gasteiger partial charge in [-0.25, -0.2) is 9.48 Å². The van der Waals surface area contributed by atoms with E-state index in [2.05, 4.69) is 10.4 Å². The Kier molecular flexibility index (Phi) is 3.41. The van der Waals surface area contributed by atoms with Crippen LogP contribution in [0.1, 0.15) is 32.4 Å². The molecular weight excluding hydrogens is 264 g/mol. The van der Waals surface area contributed by atoms with Crippen LogP contribution >= 0.6 is 0 Å². The van der Waals surface area contributed by atoms with Gasteiger partial charge in [-0.05, 0) is 32.1 Å². The second-order valence-corrected chi connectivity index (χ2v) is 5.28. The van der Waals surface area contributed by atoms with E-state index in [1.165, 1.54) is 4.68 Å². The second-order valence-electron chi connectivity index (χ2n) is 5.28. The average molecular weight is 282 g/mol. The number of anilines is 1. The Morgan fingerprint density at radius 3 is 2.65 bits per heavy atom. The molecule has 0 amide bonds. The van der Waals surface area contributed by atoms with E-state index in [1.54, 1.807) is 20.9 Å². The molecule has 2 rings (SSSR count). The topological polar surface area (TPSA) is 110 Å². The third kappa shape index (κ3) is 2.21. The minimum Gasteiger partial charge on any atom is -0.480 e. The van der Waals surface area contributed by atoms with Crippen LogP contribution in [0.2, 0.25) is 0 Å². The van der Waals surface area contributed by atoms with Crippen LogP contribution < -0.4 is 5.32 Å². The number of aromatic nitrogens is 2. The molecule has 1 saturated carbocycles. The van der Waals surface area contributed by atoms with Crippen molar-refractivity contribution in [3.8, 4) is 0 Å². The maximum Gasteiger partial charge on any atom is 0.334 e. The van der Waals surface area contributed by atoms with Gasteiger partial charge in [-0.1, -0.05) is 6.92 Å². The SMILES string of the molecule is CCc1nn(C)c(NC(C)(C(=O)O)C2CC2)c1[N+](=O)[O-]. The molecule has 0 aliphatic heterocycles. The fraction of sp³-hybridized carbons (Fsp3) is 0.667. The number of carboxylic acids is 1. The summed E-state index contributed by atoms with van der Waals surface area (Å²) in [6, 6.07) is 0. The number of aryl methyl sites for hydroxylation is 2. The van der Waals surface area contributed by atoms with E-state index in [1.807, 2.05) is 0 Å². The third-order valence-electron chi connectivity index (χ3n) is 3.83. The molecule has 1 heterocycles. The predicted octanol–water partition coefficient (Wildman–Crippen LogP) is 1.56. The first-order valence-corrected chi connectivity index (χ1v) is 6.53. The summed E-state index contributed by atoms with van der Waals surface area (Å²) in [5, 5.41) is 27.6. The number of hydrogen-bond donors (Lipinski definition) is 2. The van der Waals surface area contributed by atoms with Gasteiger partial charge >= 0.3 is 11.7 Å². The lowest BCUT2D eigenvalue weighted by Gasteiger charge is -2.26. The highest BCUT2D eigenvalue weighted by Gasteiger charge is 2.49. The highest BCUT2D eigenvalue weighted by atomic mass is 16.6. The maximum atomic E-state index is 11.5. The Hall–Kier alpha value is -2.12. The molecule has 2 N–H and O–H groups in total. The minimum atomic E-state index is -1.20. The number of nitrogens with zero attached hydrogens (tertiary/aromatic N) is 3. The molecule has 1 atom stereocenters. The van der Waals surface area contributed by atoms with E-state index >= 15 is 0 Å². The third-order valence-corrected chi connectivity index (χ3v) is 3.83. The van der Waals surface area contributed by atoms with Crippen LogP contribution in [0.5, 0.6) is 0 Å². The van der Waals surface area contributed by atoms with Gasteiger partial charge in [-0.2, -0.15) is 5.10 Å². The number of nitro groups is 1. The van der Waals surface area contributed by atoms with Crippen molar-refractivity contribution in [2.75, 3.05) is 5.32 Å². The monoisotopic (exact) mass is 282 g/mol. The van der Waals surface area contributed by atoms with E-state index < -0.39 is 16.4 Å². The van der Waals surface area contributed by atoms with Gasteiger partial charge in [0, 0.05) is 7.05 Å². The average Bonchev–Trinajstić information content (AvgIpc) is 3.16. The molecule has 8 heteroatoms. The number of carbonyl (C=O) groups is 1. The van der Waals surface area contributed by atoms with Gasteiger partial charge in [0.2, 0.25) is 5.82 Å². The summed E-state index contributed by atoms with van der Waals surface area (Å²) in [6.45, 7) is 3.34. The minimum absolute atomic E-state index is 0.0143. The van der Waals surface area contributed by atoms with Gasteiger partial charge in [0.25, 0.3) is 0 Å². The molecule has 110 valence electrons. The largest absolute Gasteiger partial charge is 0.480 e. The van der Waals surface area contributed by atoms with E-state index in [0.29, 0.717) is 12.1 Å². The van der Waals surface area contributed by atoms with Gasteiger partial charge in [0.15, 0.2) is 0 Å². The first kappa shape index (κ1) is 14.3. The summed E-state index contributed by atoms with van der Waals surface area (Å²) in [6.07, 6.45) is 2.03. The lowest BCUT2D eigenvalue weighted by Crippen LogP contribution is -2.46. The first-order valence-electron chi connectivity index (χ1n) is 6.53. The standard InChI is InChI=1S/C12H18N4O4/c1-4-8-9(16(19)20)10(15(3)14-8)13-12(2,11(17)18)7-5-6-7/h7,13H,4-6H2,1-3H3,(H,17,18). The number of nitrogens with one attached hydrogen (secondary N) is 1. The van der Waals surface area contributed by atoms with E-state index in [0.717, 1.165) is 12.8 Å². The molecule has 1 aromatic heterocycles. The molecule has 20 heavy (non-hydrogen) atoms. The van der Waals surface area contributed by atoms with E-state index in [9.17, 15) is 20.0 Å². The van der Waals surface area contributed by atoms with Crippen molar-refractivity contribution in [3.05, 3.63) is 15.8 Å². The van der Waals surface area contributed by atoms with Gasteiger partial charge in [-0.15, -0.1) is 0 Å². The molecule has 8 nitrogen and oxygen atoms in total. The molecule has 0 aromatic carbocycles. The van der Waals surface area contributed by atoms with Crippen LogP contribution in [-0.2, 0) is 18.3 Å². The zero-order chi connectivity index (χ0) is 15.1. The molecule has 0 radical (unpaired) electrons. The molecular formula is C12H18N4O4. The molecule has 1 fully saturated rings. The summed E-state index contributed by atoms with van der Waals surface area (Å²) in [7, 11) is 1.57. The first-order chi connectivity index (χ1) is 9.31. The molecule has 1 aromatic rings. The highest BCUT2D eigenvalue weighted by molar-refractivity contribution is 5.84. The number of rotatable bonds is 6. The molecule has 1 aliphatic rings. The lowest BCUT2D eigenvalue weighted by atomic mass is 9.96. The number of carboxylic acid groups (broad SMARTS) is 1. The highest BCUT2D eigenvalue weighted by Crippen LogP contribution is 2.43. The van der Waals surface area contributed by atoms with Crippen LogP contribution in [0, 0.1) is 16.0 Å². The predicted molar refractivity (Wildman–Crippen MR) is 71.6 cm³/mol. The summed E-state index contributed by atoms with van der Waals surface area (Å²) in [5.41, 5.74) is -0.990. The van der Waals surface area contributed by atoms with Crippen molar-refractivity contribution in [3.63, 3.8) is 0 Å². The summed E-state index contributed by atoms with van der Waals surface area (Å²) in [5.74, 6) is -0.864. The Bertz CT molecular complexity index is 564. The second kappa shape index (κ2) is 4.77. The molecule has 1 aliphatic carbocycles. The van der Waals surface area contributed by atoms with Crippen molar-refractivity contribution in [1.82, 2.24) is 9.78 Å². The van der Waals surface area contributed by atoms with Gasteiger partial charge in [-0.3, -0.25) is 10.1 Å². The van der Waals surface area contributed by atoms with Crippen LogP contribution in [0.4, 0.5) is 11.5 Å². The summed E-state index contributed by atoms with van der Waals surface area (Å²) >= 11 is 0. The van der Waals surface area contributed by atoms with Crippen molar-refractivity contribution in [1.29, 1.82) is 0 Å². The zero-order valence-corrected chi connectivity index (χ0v) is 11.7. The Morgan fingerprint density at radius 2 is 2.25 bits per heavy atom. The number of aliphatic carboxylic acids is 1. The molecule has 0 saturated heterocycles. The Morgan fingerprint density at radius 1 is 1.65 bits per heavy atom. The van der Waals surface area contributed by atoms with Crippen LogP contribution in [0.3, 0.4) is 0 Å². The smallest absolute Gasteiger partial charge is 0.334 e. The molecule has 0 bridgehead atoms. The number of hydrogen-bond acceptors (Lipinski definition) is 5. The van der Waals surface area contributed by atoms with Crippen LogP contribution in [0.15, 0.2) is 0 Å². The summed E-state index contributed by atoms with van der Waals surface area (Å²) < 4.78 is 1.35. The van der Waals surface area contributed by atoms with E-state index in [-0.39, 0.29) is 17.4 Å². The maximum absolute atomic E-state index is 11.5. The molecule has 1 unspecified atom stereocenters. The zero-order valence-electron chi connectivity index (χ0n) is 11.7. The van der Waals surface area contributed by atoms with Crippen molar-refractivity contribution >= 4 is 17.5 Å². The van der Waals surface area contributed by atoms with Gasteiger partial charge in [0.1, 0.15) is 11.2 Å². The quantitative estimate of drug-likeness (QED) is 0.605. The summed E-state index contributed by atoms with van der Waals surface area (Å²) in [4.78, 5) is 22.2. The van der Waals surface area contributed by atoms with Gasteiger partial charge < -0.3 is 10.4 Å². The van der Waals surface area contributed by atoms with Gasteiger partial charge in [0.05, 0.1) is 4.92 Å². The molecule has 0 spiro atoms. The van der Waals surface area contributed by atoms with Crippen LogP contribution in [0.25, 0.3) is 0 Å². The van der Waals surface area contributed by atoms with Crippen LogP contribution in [-0.4, -0.2) is 31.3 Å². The van der Waals surface area contributed by atoms with E-state index in [4.69, 9.17) is 0 Å². The van der Waals surface area contributed by atoms with Crippen molar-refractivity contribution in [2.24, 2.45) is 13.0 Å². The fourth-order valence-electron chi connectivity index (χ4n) is 2.38. The van der Waals surface area contributed by atoms with Crippen molar-refractivity contribution in [2.45, 2.75) is 38.6 Å². The Balaban J connectivity index is 2.44. The normalized spacial score (nSPS) is 17.6.